The second-order valence-corrected chi connectivity index (χ2v) is 9.50. The molecule has 2 aliphatic rings. The molecule has 0 amide bonds. The first-order valence-corrected chi connectivity index (χ1v) is 12.4. The second-order valence-electron chi connectivity index (χ2n) is 9.50. The van der Waals surface area contributed by atoms with Crippen LogP contribution in [0.5, 0.6) is 5.75 Å². The first-order chi connectivity index (χ1) is 14.7. The Hall–Kier alpha value is -1.38. The Morgan fingerprint density at radius 1 is 0.867 bits per heavy atom. The zero-order valence-electron chi connectivity index (χ0n) is 18.8. The van der Waals surface area contributed by atoms with Gasteiger partial charge < -0.3 is 4.74 Å². The van der Waals surface area contributed by atoms with Gasteiger partial charge in [0.1, 0.15) is 5.75 Å². The van der Waals surface area contributed by atoms with Gasteiger partial charge in [-0.25, -0.2) is 0 Å². The summed E-state index contributed by atoms with van der Waals surface area (Å²) in [7, 11) is 0. The van der Waals surface area contributed by atoms with E-state index in [4.69, 9.17) is 0 Å². The number of hydrogen-bond donors (Lipinski definition) is 0. The molecule has 1 nitrogen and oxygen atoms in total. The van der Waals surface area contributed by atoms with Crippen LogP contribution in [0.4, 0.5) is 8.78 Å². The summed E-state index contributed by atoms with van der Waals surface area (Å²) in [6.07, 6.45) is 21.6. The molecule has 0 heterocycles. The fourth-order valence-electron chi connectivity index (χ4n) is 5.56. The zero-order chi connectivity index (χ0) is 21.2. The van der Waals surface area contributed by atoms with E-state index in [1.807, 2.05) is 12.1 Å². The summed E-state index contributed by atoms with van der Waals surface area (Å²) < 4.78 is 29.1. The van der Waals surface area contributed by atoms with Crippen molar-refractivity contribution in [1.29, 1.82) is 0 Å². The summed E-state index contributed by atoms with van der Waals surface area (Å²) in [5.41, 5.74) is 2.52. The molecular weight excluding hydrogens is 378 g/mol. The minimum Gasteiger partial charge on any atom is -0.435 e. The van der Waals surface area contributed by atoms with Crippen molar-refractivity contribution in [3.8, 4) is 5.75 Å². The first kappa shape index (κ1) is 23.3. The Kier molecular flexibility index (Phi) is 9.68. The quantitative estimate of drug-likeness (QED) is 0.326. The molecule has 0 aliphatic heterocycles. The molecule has 30 heavy (non-hydrogen) atoms. The molecule has 0 radical (unpaired) electrons. The third kappa shape index (κ3) is 7.39. The number of allylic oxidation sites excluding steroid dienone is 2. The molecule has 0 N–H and O–H groups in total. The molecule has 168 valence electrons. The number of benzene rings is 1. The van der Waals surface area contributed by atoms with Gasteiger partial charge in [0, 0.05) is 0 Å². The second kappa shape index (κ2) is 12.5. The molecule has 1 unspecified atom stereocenters. The summed E-state index contributed by atoms with van der Waals surface area (Å²) >= 11 is 0. The van der Waals surface area contributed by atoms with Crippen LogP contribution in [0.3, 0.4) is 0 Å². The van der Waals surface area contributed by atoms with Crippen molar-refractivity contribution < 1.29 is 13.5 Å². The van der Waals surface area contributed by atoms with Gasteiger partial charge >= 0.3 is 6.61 Å². The molecule has 1 aromatic rings. The summed E-state index contributed by atoms with van der Waals surface area (Å²) in [5, 5.41) is 0. The lowest BCUT2D eigenvalue weighted by molar-refractivity contribution is -0.0498. The number of rotatable bonds is 11. The third-order valence-electron chi connectivity index (χ3n) is 7.43. The van der Waals surface area contributed by atoms with Gasteiger partial charge in [-0.3, -0.25) is 0 Å². The molecule has 3 rings (SSSR count). The highest BCUT2D eigenvalue weighted by atomic mass is 19.3. The largest absolute Gasteiger partial charge is 0.435 e. The van der Waals surface area contributed by atoms with Crippen LogP contribution in [0, 0.1) is 17.8 Å². The molecule has 1 saturated carbocycles. The van der Waals surface area contributed by atoms with E-state index in [1.165, 1.54) is 89.0 Å². The van der Waals surface area contributed by atoms with Crippen LogP contribution < -0.4 is 4.74 Å². The average molecular weight is 419 g/mol. The van der Waals surface area contributed by atoms with E-state index in [2.05, 4.69) is 17.7 Å². The van der Waals surface area contributed by atoms with Gasteiger partial charge in [-0.15, -0.1) is 0 Å². The lowest BCUT2D eigenvalue weighted by atomic mass is 9.70. The van der Waals surface area contributed by atoms with Crippen molar-refractivity contribution in [1.82, 2.24) is 0 Å². The Morgan fingerprint density at radius 2 is 1.57 bits per heavy atom. The number of ether oxygens (including phenoxy) is 1. The van der Waals surface area contributed by atoms with Crippen LogP contribution in [0.15, 0.2) is 30.3 Å². The molecular formula is C27H40F2O. The van der Waals surface area contributed by atoms with Crippen molar-refractivity contribution in [3.05, 3.63) is 35.9 Å². The fraction of sp³-hybridized carbons (Fsp3) is 0.704. The van der Waals surface area contributed by atoms with Crippen LogP contribution in [0.1, 0.15) is 102 Å². The van der Waals surface area contributed by atoms with Gasteiger partial charge in [0.15, 0.2) is 0 Å². The number of halogens is 2. The van der Waals surface area contributed by atoms with E-state index in [0.29, 0.717) is 0 Å². The van der Waals surface area contributed by atoms with Crippen LogP contribution in [-0.4, -0.2) is 6.61 Å². The van der Waals surface area contributed by atoms with E-state index < -0.39 is 6.61 Å². The van der Waals surface area contributed by atoms with Crippen molar-refractivity contribution >= 4 is 5.57 Å². The lowest BCUT2D eigenvalue weighted by Crippen LogP contribution is -2.23. The first-order valence-electron chi connectivity index (χ1n) is 12.4. The Balaban J connectivity index is 1.36. The molecule has 1 fully saturated rings. The molecule has 0 aromatic heterocycles. The Bertz CT molecular complexity index is 629. The molecule has 1 aromatic carbocycles. The van der Waals surface area contributed by atoms with E-state index in [-0.39, 0.29) is 5.75 Å². The molecule has 0 bridgehead atoms. The summed E-state index contributed by atoms with van der Waals surface area (Å²) in [6.45, 7) is -0.473. The predicted molar refractivity (Wildman–Crippen MR) is 122 cm³/mol. The van der Waals surface area contributed by atoms with Crippen LogP contribution >= 0.6 is 0 Å². The van der Waals surface area contributed by atoms with E-state index in [1.54, 1.807) is 12.1 Å². The smallest absolute Gasteiger partial charge is 0.387 e. The maximum atomic E-state index is 12.3. The maximum Gasteiger partial charge on any atom is 0.387 e. The summed E-state index contributed by atoms with van der Waals surface area (Å²) in [4.78, 5) is 0. The van der Waals surface area contributed by atoms with Crippen molar-refractivity contribution in [2.45, 2.75) is 103 Å². The Morgan fingerprint density at radius 3 is 2.20 bits per heavy atom. The van der Waals surface area contributed by atoms with Gasteiger partial charge in [0.2, 0.25) is 0 Å². The molecule has 1 atom stereocenters. The van der Waals surface area contributed by atoms with Gasteiger partial charge in [-0.2, -0.15) is 8.78 Å². The van der Waals surface area contributed by atoms with Gasteiger partial charge in [0.05, 0.1) is 0 Å². The highest BCUT2D eigenvalue weighted by Gasteiger charge is 2.28. The van der Waals surface area contributed by atoms with Crippen molar-refractivity contribution in [3.63, 3.8) is 0 Å². The van der Waals surface area contributed by atoms with Crippen molar-refractivity contribution in [2.24, 2.45) is 17.8 Å². The highest BCUT2D eigenvalue weighted by Crippen LogP contribution is 2.42. The van der Waals surface area contributed by atoms with E-state index >= 15 is 0 Å². The van der Waals surface area contributed by atoms with Gasteiger partial charge in [0.25, 0.3) is 0 Å². The van der Waals surface area contributed by atoms with Crippen molar-refractivity contribution in [2.75, 3.05) is 0 Å². The average Bonchev–Trinajstić information content (AvgIpc) is 2.77. The monoisotopic (exact) mass is 418 g/mol. The van der Waals surface area contributed by atoms with Crippen LogP contribution in [-0.2, 0) is 0 Å². The SMILES string of the molecule is CCCCCCCC[C@H]1CC[C@H](C2CC=C(c3ccc(OC(F)F)cc3)CC2)CC1. The minimum absolute atomic E-state index is 0.237. The molecule has 0 spiro atoms. The summed E-state index contributed by atoms with van der Waals surface area (Å²) in [6, 6.07) is 7.13. The third-order valence-corrected chi connectivity index (χ3v) is 7.43. The molecule has 3 heteroatoms. The standard InChI is InChI=1S/C27H40F2O/c1-2-3-4-5-6-7-8-21-9-11-22(12-10-21)23-13-15-24(16-14-23)25-17-19-26(20-18-25)30-27(28)29/h15,17-23,27H,2-14,16H2,1H3/t21-,22-,23?. The number of alkyl halides is 2. The van der Waals surface area contributed by atoms with E-state index in [9.17, 15) is 8.78 Å². The summed E-state index contributed by atoms with van der Waals surface area (Å²) in [5.74, 6) is 2.97. The number of hydrogen-bond acceptors (Lipinski definition) is 1. The lowest BCUT2D eigenvalue weighted by Gasteiger charge is -2.35. The van der Waals surface area contributed by atoms with E-state index in [0.717, 1.165) is 29.7 Å². The highest BCUT2D eigenvalue weighted by molar-refractivity contribution is 5.66. The minimum atomic E-state index is -2.76. The normalized spacial score (nSPS) is 24.7. The van der Waals surface area contributed by atoms with Gasteiger partial charge in [-0.1, -0.05) is 82.9 Å². The zero-order valence-corrected chi connectivity index (χ0v) is 18.8. The molecule has 0 saturated heterocycles. The number of unbranched alkanes of at least 4 members (excludes halogenated alkanes) is 5. The maximum absolute atomic E-state index is 12.3. The van der Waals surface area contributed by atoms with Gasteiger partial charge in [-0.05, 0) is 73.1 Å². The molecule has 2 aliphatic carbocycles. The predicted octanol–water partition coefficient (Wildman–Crippen LogP) is 9.03. The van der Waals surface area contributed by atoms with Crippen LogP contribution in [0.25, 0.3) is 5.57 Å². The Labute approximate surface area is 182 Å². The topological polar surface area (TPSA) is 9.23 Å². The van der Waals surface area contributed by atoms with Crippen LogP contribution in [0.2, 0.25) is 0 Å². The fourth-order valence-corrected chi connectivity index (χ4v) is 5.56.